The molecule has 0 aliphatic heterocycles. The zero-order valence-corrected chi connectivity index (χ0v) is 5.03. The molecule has 0 amide bonds. The lowest BCUT2D eigenvalue weighted by atomic mass is 10.2. The Kier molecular flexibility index (Phi) is 1.46. The van der Waals surface area contributed by atoms with Gasteiger partial charge in [0.05, 0.1) is 5.56 Å². The Labute approximate surface area is 57.8 Å². The molecule has 0 aliphatic carbocycles. The zero-order valence-electron chi connectivity index (χ0n) is 5.03. The Hall–Kier alpha value is -1.69. The number of nitrogens with zero attached hydrogens (tertiary/aromatic N) is 1. The quantitative estimate of drug-likeness (QED) is 0.556. The Bertz CT molecular complexity index is 268. The summed E-state index contributed by atoms with van der Waals surface area (Å²) in [6, 6.07) is 5.54. The second-order valence-corrected chi connectivity index (χ2v) is 1.76. The molecule has 3 nitrogen and oxygen atoms in total. The summed E-state index contributed by atoms with van der Waals surface area (Å²) in [6.07, 6.45) is 0. The van der Waals surface area contributed by atoms with E-state index in [9.17, 15) is 5.11 Å². The monoisotopic (exact) mass is 134 g/mol. The van der Waals surface area contributed by atoms with Gasteiger partial charge in [0.15, 0.2) is 0 Å². The van der Waals surface area contributed by atoms with E-state index in [2.05, 4.69) is 0 Å². The molecule has 0 radical (unpaired) electrons. The van der Waals surface area contributed by atoms with Crippen molar-refractivity contribution in [1.29, 1.82) is 5.26 Å². The molecule has 0 aromatic heterocycles. The number of aromatic hydroxyl groups is 1. The first-order valence-electron chi connectivity index (χ1n) is 2.65. The van der Waals surface area contributed by atoms with Crippen LogP contribution in [0.1, 0.15) is 5.56 Å². The normalized spacial score (nSPS) is 8.70. The maximum atomic E-state index is 10.7. The Morgan fingerprint density at radius 1 is 1.50 bits per heavy atom. The third-order valence-corrected chi connectivity index (χ3v) is 1.12. The molecule has 1 aromatic carbocycles. The molecule has 1 rings (SSSR count). The first-order valence-corrected chi connectivity index (χ1v) is 2.65. The van der Waals surface area contributed by atoms with Crippen molar-refractivity contribution in [3.05, 3.63) is 23.8 Å². The van der Waals surface area contributed by atoms with Crippen LogP contribution in [-0.4, -0.2) is 5.11 Å². The van der Waals surface area contributed by atoms with Crippen LogP contribution in [-0.2, 0) is 0 Å². The molecule has 0 spiro atoms. The van der Waals surface area contributed by atoms with Crippen LogP contribution in [0.4, 0.5) is 0 Å². The first-order chi connectivity index (χ1) is 4.75. The Morgan fingerprint density at radius 3 is 2.60 bits per heavy atom. The number of benzene rings is 1. The fourth-order valence-electron chi connectivity index (χ4n) is 0.632. The molecule has 0 unspecified atom stereocenters. The maximum absolute atomic E-state index is 10.7. The summed E-state index contributed by atoms with van der Waals surface area (Å²) in [5.41, 5.74) is -0.192. The fourth-order valence-corrected chi connectivity index (χ4v) is 0.632. The van der Waals surface area contributed by atoms with Crippen molar-refractivity contribution in [2.45, 2.75) is 0 Å². The van der Waals surface area contributed by atoms with Crippen LogP contribution in [0.15, 0.2) is 18.2 Å². The molecule has 0 saturated carbocycles. The molecule has 0 saturated heterocycles. The predicted molar refractivity (Wildman–Crippen MR) is 32.3 cm³/mol. The maximum Gasteiger partial charge on any atom is 0.132 e. The van der Waals surface area contributed by atoms with Crippen LogP contribution < -0.4 is 5.11 Å². The van der Waals surface area contributed by atoms with E-state index in [0.29, 0.717) is 0 Å². The third kappa shape index (κ3) is 0.869. The molecule has 50 valence electrons. The smallest absolute Gasteiger partial charge is 0.132 e. The second kappa shape index (κ2) is 2.28. The van der Waals surface area contributed by atoms with Crippen molar-refractivity contribution < 1.29 is 10.2 Å². The van der Waals surface area contributed by atoms with Crippen molar-refractivity contribution in [1.82, 2.24) is 0 Å². The van der Waals surface area contributed by atoms with Crippen molar-refractivity contribution in [3.63, 3.8) is 0 Å². The number of nitriles is 1. The number of phenolic OH excluding ortho intramolecular Hbond substituents is 1. The summed E-state index contributed by atoms with van der Waals surface area (Å²) >= 11 is 0. The van der Waals surface area contributed by atoms with E-state index in [-0.39, 0.29) is 11.3 Å². The summed E-state index contributed by atoms with van der Waals surface area (Å²) in [4.78, 5) is 0. The SMILES string of the molecule is N#Cc1c([O-])cccc1O. The Morgan fingerprint density at radius 2 is 2.20 bits per heavy atom. The van der Waals surface area contributed by atoms with Gasteiger partial charge >= 0.3 is 0 Å². The van der Waals surface area contributed by atoms with E-state index in [1.54, 1.807) is 6.07 Å². The lowest BCUT2D eigenvalue weighted by Crippen LogP contribution is -1.92. The topological polar surface area (TPSA) is 67.1 Å². The molecule has 0 aliphatic rings. The minimum atomic E-state index is -0.442. The molecule has 0 fully saturated rings. The number of rotatable bonds is 0. The lowest BCUT2D eigenvalue weighted by molar-refractivity contribution is -0.268. The van der Waals surface area contributed by atoms with E-state index in [1.165, 1.54) is 18.2 Å². The highest BCUT2D eigenvalue weighted by Gasteiger charge is 1.96. The number of hydrogen-bond donors (Lipinski definition) is 1. The van der Waals surface area contributed by atoms with Crippen molar-refractivity contribution in [3.8, 4) is 17.6 Å². The average molecular weight is 134 g/mol. The number of hydrogen-bond acceptors (Lipinski definition) is 3. The molecule has 0 atom stereocenters. The summed E-state index contributed by atoms with van der Waals surface area (Å²) in [5, 5.41) is 27.8. The highest BCUT2D eigenvalue weighted by Crippen LogP contribution is 2.21. The van der Waals surface area contributed by atoms with Crippen LogP contribution in [0.3, 0.4) is 0 Å². The molecule has 1 aromatic rings. The largest absolute Gasteiger partial charge is 0.871 e. The molecule has 0 heterocycles. The van der Waals surface area contributed by atoms with Gasteiger partial charge in [-0.2, -0.15) is 5.26 Å². The standard InChI is InChI=1S/C7H5NO2/c8-4-5-6(9)2-1-3-7(5)10/h1-3,9-10H/p-1. The summed E-state index contributed by atoms with van der Waals surface area (Å²) in [5.74, 6) is -0.697. The van der Waals surface area contributed by atoms with Crippen molar-refractivity contribution in [2.24, 2.45) is 0 Å². The molecular formula is C7H4NO2-. The van der Waals surface area contributed by atoms with Crippen LogP contribution in [0.25, 0.3) is 0 Å². The molecular weight excluding hydrogens is 130 g/mol. The summed E-state index contributed by atoms with van der Waals surface area (Å²) in [6.45, 7) is 0. The lowest BCUT2D eigenvalue weighted by Gasteiger charge is -2.06. The van der Waals surface area contributed by atoms with Gasteiger partial charge in [0, 0.05) is 0 Å². The van der Waals surface area contributed by atoms with Crippen LogP contribution in [0.5, 0.6) is 11.5 Å². The zero-order chi connectivity index (χ0) is 7.56. The van der Waals surface area contributed by atoms with Gasteiger partial charge in [-0.05, 0) is 6.07 Å². The van der Waals surface area contributed by atoms with Gasteiger partial charge in [0.2, 0.25) is 0 Å². The second-order valence-electron chi connectivity index (χ2n) is 1.76. The van der Waals surface area contributed by atoms with Gasteiger partial charge in [0.1, 0.15) is 11.8 Å². The van der Waals surface area contributed by atoms with E-state index >= 15 is 0 Å². The van der Waals surface area contributed by atoms with Crippen LogP contribution in [0.2, 0.25) is 0 Å². The molecule has 3 heteroatoms. The third-order valence-electron chi connectivity index (χ3n) is 1.12. The molecule has 10 heavy (non-hydrogen) atoms. The van der Waals surface area contributed by atoms with Crippen LogP contribution >= 0.6 is 0 Å². The Balaban J connectivity index is 3.34. The average Bonchev–Trinajstić information content (AvgIpc) is 1.88. The van der Waals surface area contributed by atoms with E-state index in [0.717, 1.165) is 0 Å². The van der Waals surface area contributed by atoms with Gasteiger partial charge in [-0.15, -0.1) is 0 Å². The highest BCUT2D eigenvalue weighted by atomic mass is 16.3. The summed E-state index contributed by atoms with van der Waals surface area (Å²) in [7, 11) is 0. The summed E-state index contributed by atoms with van der Waals surface area (Å²) < 4.78 is 0. The predicted octanol–water partition coefficient (Wildman–Crippen LogP) is 0.337. The fraction of sp³-hybridized carbons (Fsp3) is 0. The number of phenols is 1. The minimum absolute atomic E-state index is 0.192. The first kappa shape index (κ1) is 6.43. The van der Waals surface area contributed by atoms with Gasteiger partial charge in [-0.25, -0.2) is 0 Å². The van der Waals surface area contributed by atoms with E-state index < -0.39 is 5.75 Å². The van der Waals surface area contributed by atoms with Gasteiger partial charge in [-0.3, -0.25) is 0 Å². The van der Waals surface area contributed by atoms with E-state index in [4.69, 9.17) is 10.4 Å². The van der Waals surface area contributed by atoms with Crippen molar-refractivity contribution >= 4 is 0 Å². The van der Waals surface area contributed by atoms with Gasteiger partial charge in [-0.1, -0.05) is 17.9 Å². The highest BCUT2D eigenvalue weighted by molar-refractivity contribution is 5.50. The molecule has 1 N–H and O–H groups in total. The minimum Gasteiger partial charge on any atom is -0.871 e. The van der Waals surface area contributed by atoms with Crippen molar-refractivity contribution in [2.75, 3.05) is 0 Å². The van der Waals surface area contributed by atoms with Crippen LogP contribution in [0, 0.1) is 11.3 Å². The van der Waals surface area contributed by atoms with E-state index in [1.807, 2.05) is 0 Å². The van der Waals surface area contributed by atoms with Gasteiger partial charge < -0.3 is 10.2 Å². The molecule has 0 bridgehead atoms. The van der Waals surface area contributed by atoms with Gasteiger partial charge in [0.25, 0.3) is 0 Å².